The minimum Gasteiger partial charge on any atom is -0.409 e. The monoisotopic (exact) mass is 328 g/mol. The molecule has 0 heterocycles. The predicted molar refractivity (Wildman–Crippen MR) is 87.0 cm³/mol. The second-order valence-corrected chi connectivity index (χ2v) is 13.6. The molecule has 0 unspecified atom stereocenters. The Labute approximate surface area is 128 Å². The molecular formula is C15H24O4SSi. The second-order valence-electron chi connectivity index (χ2n) is 6.77. The first-order chi connectivity index (χ1) is 9.34. The lowest BCUT2D eigenvalue weighted by atomic mass is 10.1. The Hall–Kier alpha value is -0.983. The molecule has 0 saturated heterocycles. The lowest BCUT2D eigenvalue weighted by Gasteiger charge is -2.35. The molecule has 21 heavy (non-hydrogen) atoms. The van der Waals surface area contributed by atoms with E-state index in [0.29, 0.717) is 5.56 Å². The fourth-order valence-corrected chi connectivity index (χ4v) is 2.99. The minimum atomic E-state index is -3.24. The van der Waals surface area contributed by atoms with Crippen LogP contribution in [0.2, 0.25) is 18.1 Å². The van der Waals surface area contributed by atoms with Crippen LogP contribution in [0, 0.1) is 0 Å². The van der Waals surface area contributed by atoms with E-state index in [1.165, 1.54) is 24.3 Å². The molecule has 0 atom stereocenters. The lowest BCUT2D eigenvalue weighted by molar-refractivity contribution is 0.0911. The first-order valence-electron chi connectivity index (χ1n) is 6.82. The fraction of sp³-hybridized carbons (Fsp3) is 0.533. The number of sulfone groups is 1. The highest BCUT2D eigenvalue weighted by atomic mass is 32.2. The number of ketones is 1. The molecule has 0 fully saturated rings. The summed E-state index contributed by atoms with van der Waals surface area (Å²) in [6.07, 6.45) is 1.14. The maximum Gasteiger partial charge on any atom is 0.192 e. The van der Waals surface area contributed by atoms with Crippen LogP contribution >= 0.6 is 0 Å². The van der Waals surface area contributed by atoms with E-state index in [9.17, 15) is 13.2 Å². The summed E-state index contributed by atoms with van der Waals surface area (Å²) in [5, 5.41) is 0.0490. The number of hydrogen-bond donors (Lipinski definition) is 0. The van der Waals surface area contributed by atoms with Gasteiger partial charge in [0.25, 0.3) is 0 Å². The van der Waals surface area contributed by atoms with Crippen LogP contribution in [0.25, 0.3) is 0 Å². The molecule has 0 bridgehead atoms. The predicted octanol–water partition coefficient (Wildman–Crippen LogP) is 3.29. The van der Waals surface area contributed by atoms with E-state index in [0.717, 1.165) is 6.26 Å². The van der Waals surface area contributed by atoms with Crippen LogP contribution in [0.4, 0.5) is 0 Å². The van der Waals surface area contributed by atoms with E-state index in [1.54, 1.807) is 0 Å². The lowest BCUT2D eigenvalue weighted by Crippen LogP contribution is -2.42. The van der Waals surface area contributed by atoms with Gasteiger partial charge in [0.05, 0.1) is 11.5 Å². The van der Waals surface area contributed by atoms with E-state index < -0.39 is 18.2 Å². The molecule has 0 radical (unpaired) electrons. The molecule has 0 aliphatic rings. The van der Waals surface area contributed by atoms with Crippen molar-refractivity contribution in [1.29, 1.82) is 0 Å². The van der Waals surface area contributed by atoms with Crippen molar-refractivity contribution in [1.82, 2.24) is 0 Å². The summed E-state index contributed by atoms with van der Waals surface area (Å²) in [5.74, 6) is -0.125. The smallest absolute Gasteiger partial charge is 0.192 e. The summed E-state index contributed by atoms with van der Waals surface area (Å²) in [7, 11) is -5.19. The number of Topliss-reactive ketones (excluding diaryl/α,β-unsaturated/α-hetero) is 1. The topological polar surface area (TPSA) is 60.4 Å². The highest BCUT2D eigenvalue weighted by Gasteiger charge is 2.37. The Bertz CT molecular complexity index is 610. The quantitative estimate of drug-likeness (QED) is 0.614. The van der Waals surface area contributed by atoms with Gasteiger partial charge in [-0.05, 0) is 30.3 Å². The molecule has 0 amide bonds. The first kappa shape index (κ1) is 18.1. The zero-order valence-corrected chi connectivity index (χ0v) is 15.4. The summed E-state index contributed by atoms with van der Waals surface area (Å²) >= 11 is 0. The summed E-state index contributed by atoms with van der Waals surface area (Å²) < 4.78 is 28.6. The zero-order valence-electron chi connectivity index (χ0n) is 13.6. The Morgan fingerprint density at radius 2 is 1.62 bits per heavy atom. The van der Waals surface area contributed by atoms with Crippen molar-refractivity contribution in [3.63, 3.8) is 0 Å². The van der Waals surface area contributed by atoms with Gasteiger partial charge in [0.2, 0.25) is 0 Å². The second kappa shape index (κ2) is 6.02. The molecule has 0 saturated carbocycles. The molecule has 1 aromatic carbocycles. The molecule has 1 aromatic rings. The standard InChI is InChI=1S/C15H24O4SSi/c1-15(2,3)21(5,6)19-11-14(16)12-7-9-13(10-8-12)20(4,17)18/h7-10H,11H2,1-6H3. The SMILES string of the molecule is CC(C)(C)[Si](C)(C)OCC(=O)c1ccc(S(C)(=O)=O)cc1. The van der Waals surface area contributed by atoms with Crippen LogP contribution in [0.3, 0.4) is 0 Å². The van der Waals surface area contributed by atoms with Crippen molar-refractivity contribution in [3.05, 3.63) is 29.8 Å². The zero-order chi connectivity index (χ0) is 16.5. The molecule has 1 rings (SSSR count). The number of benzene rings is 1. The third-order valence-corrected chi connectivity index (χ3v) is 9.58. The fourth-order valence-electron chi connectivity index (χ4n) is 1.43. The Kier molecular flexibility index (Phi) is 5.18. The molecule has 0 aromatic heterocycles. The molecular weight excluding hydrogens is 304 g/mol. The Morgan fingerprint density at radius 3 is 2.00 bits per heavy atom. The molecule has 4 nitrogen and oxygen atoms in total. The van der Waals surface area contributed by atoms with Crippen LogP contribution in [0.1, 0.15) is 31.1 Å². The average Bonchev–Trinajstić information content (AvgIpc) is 2.34. The minimum absolute atomic E-state index is 0.0364. The van der Waals surface area contributed by atoms with Crippen LogP contribution in [-0.2, 0) is 14.3 Å². The van der Waals surface area contributed by atoms with Crippen molar-refractivity contribution in [2.24, 2.45) is 0 Å². The summed E-state index contributed by atoms with van der Waals surface area (Å²) in [6.45, 7) is 10.6. The van der Waals surface area contributed by atoms with Crippen molar-refractivity contribution in [3.8, 4) is 0 Å². The molecule has 0 spiro atoms. The molecule has 118 valence electrons. The highest BCUT2D eigenvalue weighted by Crippen LogP contribution is 2.36. The Morgan fingerprint density at radius 1 is 1.14 bits per heavy atom. The van der Waals surface area contributed by atoms with E-state index in [2.05, 4.69) is 33.9 Å². The van der Waals surface area contributed by atoms with Gasteiger partial charge in [-0.2, -0.15) is 0 Å². The number of hydrogen-bond acceptors (Lipinski definition) is 4. The van der Waals surface area contributed by atoms with Gasteiger partial charge >= 0.3 is 0 Å². The van der Waals surface area contributed by atoms with Gasteiger partial charge in [0.1, 0.15) is 0 Å². The van der Waals surface area contributed by atoms with Gasteiger partial charge in [0.15, 0.2) is 23.9 Å². The van der Waals surface area contributed by atoms with Crippen LogP contribution in [0.5, 0.6) is 0 Å². The van der Waals surface area contributed by atoms with E-state index >= 15 is 0 Å². The normalized spacial score (nSPS) is 13.2. The molecule has 0 aliphatic carbocycles. The number of carbonyl (C=O) groups is 1. The van der Waals surface area contributed by atoms with Crippen molar-refractivity contribution >= 4 is 23.9 Å². The van der Waals surface area contributed by atoms with Gasteiger partial charge in [-0.25, -0.2) is 8.42 Å². The third-order valence-electron chi connectivity index (χ3n) is 3.97. The largest absolute Gasteiger partial charge is 0.409 e. The Balaban J connectivity index is 2.78. The van der Waals surface area contributed by atoms with Gasteiger partial charge in [0, 0.05) is 11.8 Å². The van der Waals surface area contributed by atoms with E-state index in [4.69, 9.17) is 4.43 Å². The number of carbonyl (C=O) groups excluding carboxylic acids is 1. The van der Waals surface area contributed by atoms with Gasteiger partial charge in [-0.3, -0.25) is 4.79 Å². The van der Waals surface area contributed by atoms with Crippen molar-refractivity contribution in [2.75, 3.05) is 12.9 Å². The summed E-state index contributed by atoms with van der Waals surface area (Å²) in [5.41, 5.74) is 0.473. The van der Waals surface area contributed by atoms with Gasteiger partial charge in [-0.15, -0.1) is 0 Å². The molecule has 6 heteroatoms. The third kappa shape index (κ3) is 4.76. The van der Waals surface area contributed by atoms with Crippen LogP contribution in [0.15, 0.2) is 29.2 Å². The summed E-state index contributed by atoms with van der Waals surface area (Å²) in [6, 6.07) is 5.98. The van der Waals surface area contributed by atoms with Crippen molar-refractivity contribution in [2.45, 2.75) is 43.8 Å². The first-order valence-corrected chi connectivity index (χ1v) is 11.6. The highest BCUT2D eigenvalue weighted by molar-refractivity contribution is 7.90. The summed E-state index contributed by atoms with van der Waals surface area (Å²) in [4.78, 5) is 12.3. The maximum absolute atomic E-state index is 12.1. The van der Waals surface area contributed by atoms with E-state index in [-0.39, 0.29) is 22.3 Å². The number of rotatable bonds is 5. The van der Waals surface area contributed by atoms with E-state index in [1.807, 2.05) is 0 Å². The van der Waals surface area contributed by atoms with Crippen molar-refractivity contribution < 1.29 is 17.6 Å². The maximum atomic E-state index is 12.1. The molecule has 0 N–H and O–H groups in total. The van der Waals surface area contributed by atoms with Crippen LogP contribution < -0.4 is 0 Å². The van der Waals surface area contributed by atoms with Gasteiger partial charge < -0.3 is 4.43 Å². The molecule has 0 aliphatic heterocycles. The van der Waals surface area contributed by atoms with Gasteiger partial charge in [-0.1, -0.05) is 32.9 Å². The van der Waals surface area contributed by atoms with Crippen LogP contribution in [-0.4, -0.2) is 35.4 Å². The average molecular weight is 329 g/mol.